The Kier molecular flexibility index (Phi) is 5.18. The van der Waals surface area contributed by atoms with Gasteiger partial charge in [0, 0.05) is 25.8 Å². The second kappa shape index (κ2) is 6.19. The van der Waals surface area contributed by atoms with E-state index in [0.29, 0.717) is 5.56 Å². The minimum absolute atomic E-state index is 0. The summed E-state index contributed by atoms with van der Waals surface area (Å²) in [5.41, 5.74) is 0.471. The van der Waals surface area contributed by atoms with Crippen molar-refractivity contribution in [3.05, 3.63) is 29.0 Å². The molecule has 0 spiro atoms. The van der Waals surface area contributed by atoms with E-state index >= 15 is 0 Å². The molecule has 1 N–H and O–H groups in total. The minimum Gasteiger partial charge on any atom is -0.337 e. The van der Waals surface area contributed by atoms with E-state index in [4.69, 9.17) is 11.6 Å². The molecule has 6 heteroatoms. The van der Waals surface area contributed by atoms with E-state index < -0.39 is 0 Å². The number of carbonyl (C=O) groups is 1. The van der Waals surface area contributed by atoms with Crippen molar-refractivity contribution in [3.63, 3.8) is 0 Å². The first-order valence-corrected chi connectivity index (χ1v) is 5.66. The van der Waals surface area contributed by atoms with Gasteiger partial charge in [-0.2, -0.15) is 0 Å². The molecule has 1 atom stereocenters. The molecule has 0 radical (unpaired) electrons. The summed E-state index contributed by atoms with van der Waals surface area (Å²) in [6, 6.07) is 3.68. The highest BCUT2D eigenvalue weighted by Crippen LogP contribution is 2.16. The first-order chi connectivity index (χ1) is 7.70. The normalized spacial score (nSPS) is 18.6. The highest BCUT2D eigenvalue weighted by atomic mass is 35.5. The fourth-order valence-corrected chi connectivity index (χ4v) is 2.07. The maximum Gasteiger partial charge on any atom is 0.257 e. The van der Waals surface area contributed by atoms with E-state index in [-0.39, 0.29) is 29.5 Å². The minimum atomic E-state index is -0.0631. The average Bonchev–Trinajstić information content (AvgIpc) is 2.81. The van der Waals surface area contributed by atoms with Gasteiger partial charge in [-0.3, -0.25) is 4.79 Å². The van der Waals surface area contributed by atoms with Gasteiger partial charge < -0.3 is 10.2 Å². The molecule has 0 aromatic carbocycles. The Morgan fingerprint density at radius 1 is 1.65 bits per heavy atom. The van der Waals surface area contributed by atoms with Gasteiger partial charge in [-0.15, -0.1) is 12.4 Å². The lowest BCUT2D eigenvalue weighted by molar-refractivity contribution is 0.0743. The van der Waals surface area contributed by atoms with Crippen LogP contribution in [0, 0.1) is 0 Å². The van der Waals surface area contributed by atoms with Crippen LogP contribution in [0.4, 0.5) is 0 Å². The third-order valence-corrected chi connectivity index (χ3v) is 3.19. The van der Waals surface area contributed by atoms with Crippen LogP contribution < -0.4 is 5.32 Å². The van der Waals surface area contributed by atoms with E-state index in [9.17, 15) is 4.79 Å². The molecular formula is C11H15Cl2N3O. The summed E-state index contributed by atoms with van der Waals surface area (Å²) in [4.78, 5) is 17.8. The number of nitrogens with one attached hydrogen (secondary N) is 1. The van der Waals surface area contributed by atoms with Gasteiger partial charge in [-0.1, -0.05) is 11.6 Å². The standard InChI is InChI=1S/C11H14ClN3O.ClH/c1-15(8-4-6-13-7-8)11(16)9-3-2-5-14-10(9)12;/h2-3,5,8,13H,4,6-7H2,1H3;1H/t8-;/m0./s1. The molecule has 1 aliphatic rings. The van der Waals surface area contributed by atoms with Crippen molar-refractivity contribution in [2.75, 3.05) is 20.1 Å². The average molecular weight is 276 g/mol. The quantitative estimate of drug-likeness (QED) is 0.834. The van der Waals surface area contributed by atoms with Crippen LogP contribution in [0.25, 0.3) is 0 Å². The van der Waals surface area contributed by atoms with Crippen LogP contribution >= 0.6 is 24.0 Å². The Balaban J connectivity index is 0.00000144. The highest BCUT2D eigenvalue weighted by Gasteiger charge is 2.25. The molecule has 1 saturated heterocycles. The van der Waals surface area contributed by atoms with Gasteiger partial charge in [0.25, 0.3) is 5.91 Å². The first kappa shape index (κ1) is 14.2. The second-order valence-electron chi connectivity index (χ2n) is 3.90. The van der Waals surface area contributed by atoms with Gasteiger partial charge in [-0.25, -0.2) is 4.98 Å². The van der Waals surface area contributed by atoms with Crippen LogP contribution in [0.15, 0.2) is 18.3 Å². The monoisotopic (exact) mass is 275 g/mol. The Morgan fingerprint density at radius 3 is 3.00 bits per heavy atom. The number of carbonyl (C=O) groups excluding carboxylic acids is 1. The van der Waals surface area contributed by atoms with Crippen molar-refractivity contribution in [1.82, 2.24) is 15.2 Å². The van der Waals surface area contributed by atoms with Crippen LogP contribution in [-0.4, -0.2) is 42.0 Å². The van der Waals surface area contributed by atoms with Gasteiger partial charge >= 0.3 is 0 Å². The number of likely N-dealkylation sites (N-methyl/N-ethyl adjacent to an activating group) is 1. The topological polar surface area (TPSA) is 45.2 Å². The number of hydrogen-bond acceptors (Lipinski definition) is 3. The molecule has 0 bridgehead atoms. The summed E-state index contributed by atoms with van der Waals surface area (Å²) < 4.78 is 0. The van der Waals surface area contributed by atoms with Crippen LogP contribution in [0.5, 0.6) is 0 Å². The molecule has 1 amide bonds. The molecule has 2 rings (SSSR count). The molecule has 1 fully saturated rings. The number of aromatic nitrogens is 1. The molecule has 2 heterocycles. The van der Waals surface area contributed by atoms with Crippen LogP contribution in [0.2, 0.25) is 5.15 Å². The summed E-state index contributed by atoms with van der Waals surface area (Å²) in [6.07, 6.45) is 2.57. The maximum atomic E-state index is 12.1. The number of amides is 1. The summed E-state index contributed by atoms with van der Waals surface area (Å²) in [5, 5.41) is 3.50. The molecular weight excluding hydrogens is 261 g/mol. The van der Waals surface area contributed by atoms with Crippen molar-refractivity contribution in [1.29, 1.82) is 0 Å². The smallest absolute Gasteiger partial charge is 0.257 e. The third kappa shape index (κ3) is 3.09. The lowest BCUT2D eigenvalue weighted by Gasteiger charge is -2.23. The van der Waals surface area contributed by atoms with E-state index in [1.54, 1.807) is 23.2 Å². The van der Waals surface area contributed by atoms with E-state index in [1.165, 1.54) is 0 Å². The number of rotatable bonds is 2. The second-order valence-corrected chi connectivity index (χ2v) is 4.26. The lowest BCUT2D eigenvalue weighted by Crippen LogP contribution is -2.38. The van der Waals surface area contributed by atoms with Crippen LogP contribution in [-0.2, 0) is 0 Å². The molecule has 1 aliphatic heterocycles. The molecule has 4 nitrogen and oxygen atoms in total. The van der Waals surface area contributed by atoms with Crippen LogP contribution in [0.1, 0.15) is 16.8 Å². The Hall–Kier alpha value is -0.840. The predicted molar refractivity (Wildman–Crippen MR) is 69.9 cm³/mol. The molecule has 1 aromatic rings. The van der Waals surface area contributed by atoms with Gasteiger partial charge in [0.05, 0.1) is 5.56 Å². The van der Waals surface area contributed by atoms with Crippen LogP contribution in [0.3, 0.4) is 0 Å². The SMILES string of the molecule is CN(C(=O)c1cccnc1Cl)[C@H]1CCNC1.Cl. The summed E-state index contributed by atoms with van der Waals surface area (Å²) in [6.45, 7) is 1.81. The van der Waals surface area contributed by atoms with Gasteiger partial charge in [0.2, 0.25) is 0 Å². The number of pyridine rings is 1. The summed E-state index contributed by atoms with van der Waals surface area (Å²) in [7, 11) is 1.81. The first-order valence-electron chi connectivity index (χ1n) is 5.28. The van der Waals surface area contributed by atoms with Crippen molar-refractivity contribution < 1.29 is 4.79 Å². The molecule has 17 heavy (non-hydrogen) atoms. The summed E-state index contributed by atoms with van der Waals surface area (Å²) >= 11 is 5.90. The van der Waals surface area contributed by atoms with E-state index in [1.807, 2.05) is 7.05 Å². The number of hydrogen-bond donors (Lipinski definition) is 1. The van der Waals surface area contributed by atoms with E-state index in [2.05, 4.69) is 10.3 Å². The van der Waals surface area contributed by atoms with Gasteiger partial charge in [0.1, 0.15) is 5.15 Å². The fourth-order valence-electron chi connectivity index (χ4n) is 1.87. The fraction of sp³-hybridized carbons (Fsp3) is 0.455. The molecule has 0 saturated carbocycles. The zero-order valence-electron chi connectivity index (χ0n) is 9.52. The van der Waals surface area contributed by atoms with Crippen molar-refractivity contribution in [2.24, 2.45) is 0 Å². The molecule has 0 aliphatic carbocycles. The zero-order valence-corrected chi connectivity index (χ0v) is 11.1. The molecule has 94 valence electrons. The number of nitrogens with zero attached hydrogens (tertiary/aromatic N) is 2. The summed E-state index contributed by atoms with van der Waals surface area (Å²) in [5.74, 6) is -0.0631. The molecule has 1 aromatic heterocycles. The Bertz CT molecular complexity index is 394. The largest absolute Gasteiger partial charge is 0.337 e. The molecule has 0 unspecified atom stereocenters. The van der Waals surface area contributed by atoms with Crippen molar-refractivity contribution in [2.45, 2.75) is 12.5 Å². The lowest BCUT2D eigenvalue weighted by atomic mass is 10.2. The highest BCUT2D eigenvalue weighted by molar-refractivity contribution is 6.32. The Morgan fingerprint density at radius 2 is 2.41 bits per heavy atom. The maximum absolute atomic E-state index is 12.1. The van der Waals surface area contributed by atoms with Gasteiger partial charge in [-0.05, 0) is 25.1 Å². The predicted octanol–water partition coefficient (Wildman–Crippen LogP) is 1.59. The Labute approximate surface area is 112 Å². The van der Waals surface area contributed by atoms with Crippen molar-refractivity contribution in [3.8, 4) is 0 Å². The van der Waals surface area contributed by atoms with E-state index in [0.717, 1.165) is 19.5 Å². The number of halogens is 2. The van der Waals surface area contributed by atoms with Crippen molar-refractivity contribution >= 4 is 29.9 Å². The zero-order chi connectivity index (χ0) is 11.5. The van der Waals surface area contributed by atoms with Gasteiger partial charge in [0.15, 0.2) is 0 Å². The third-order valence-electron chi connectivity index (χ3n) is 2.89.